The first-order valence-electron chi connectivity index (χ1n) is 4.59. The maximum Gasteiger partial charge on any atom is 0.338 e. The van der Waals surface area contributed by atoms with E-state index in [4.69, 9.17) is 10.4 Å². The van der Waals surface area contributed by atoms with Crippen LogP contribution in [0.25, 0.3) is 0 Å². The normalized spacial score (nSPS) is 10.1. The highest BCUT2D eigenvalue weighted by molar-refractivity contribution is 5.92. The Kier molecular flexibility index (Phi) is 4.12. The van der Waals surface area contributed by atoms with E-state index in [1.165, 1.54) is 0 Å². The van der Waals surface area contributed by atoms with Crippen molar-refractivity contribution in [3.05, 3.63) is 34.4 Å². The van der Waals surface area contributed by atoms with Crippen molar-refractivity contribution in [1.29, 1.82) is 5.26 Å². The zero-order valence-electron chi connectivity index (χ0n) is 8.91. The number of rotatable bonds is 3. The topological polar surface area (TPSA) is 70.3 Å². The van der Waals surface area contributed by atoms with E-state index in [2.05, 4.69) is 4.74 Å². The SMILES string of the molecule is COC(=O)c1cc(C#N)cc(C(F)F)c1CO. The second kappa shape index (κ2) is 5.37. The van der Waals surface area contributed by atoms with Crippen LogP contribution in [-0.2, 0) is 11.3 Å². The molecule has 17 heavy (non-hydrogen) atoms. The summed E-state index contributed by atoms with van der Waals surface area (Å²) < 4.78 is 29.8. The summed E-state index contributed by atoms with van der Waals surface area (Å²) >= 11 is 0. The van der Waals surface area contributed by atoms with Gasteiger partial charge < -0.3 is 9.84 Å². The van der Waals surface area contributed by atoms with E-state index >= 15 is 0 Å². The van der Waals surface area contributed by atoms with Crippen LogP contribution in [0, 0.1) is 11.3 Å². The van der Waals surface area contributed by atoms with Gasteiger partial charge in [-0.2, -0.15) is 5.26 Å². The number of ether oxygens (including phenoxy) is 1. The Balaban J connectivity index is 3.51. The third-order valence-corrected chi connectivity index (χ3v) is 2.21. The number of aliphatic hydroxyl groups excluding tert-OH is 1. The molecule has 0 aliphatic carbocycles. The Morgan fingerprint density at radius 3 is 2.65 bits per heavy atom. The molecule has 90 valence electrons. The van der Waals surface area contributed by atoms with Crippen LogP contribution in [0.3, 0.4) is 0 Å². The molecule has 1 aromatic carbocycles. The van der Waals surface area contributed by atoms with Crippen molar-refractivity contribution < 1.29 is 23.4 Å². The van der Waals surface area contributed by atoms with Crippen molar-refractivity contribution in [2.75, 3.05) is 7.11 Å². The molecular weight excluding hydrogens is 232 g/mol. The molecule has 0 spiro atoms. The standard InChI is InChI=1S/C11H9F2NO3/c1-17-11(16)8-3-6(4-14)2-7(10(12)13)9(8)5-15/h2-3,10,15H,5H2,1H3. The third-order valence-electron chi connectivity index (χ3n) is 2.21. The molecular formula is C11H9F2NO3. The number of hydrogen-bond donors (Lipinski definition) is 1. The summed E-state index contributed by atoms with van der Waals surface area (Å²) in [7, 11) is 1.09. The van der Waals surface area contributed by atoms with Crippen LogP contribution >= 0.6 is 0 Å². The van der Waals surface area contributed by atoms with Crippen molar-refractivity contribution in [2.45, 2.75) is 13.0 Å². The Morgan fingerprint density at radius 2 is 2.24 bits per heavy atom. The minimum Gasteiger partial charge on any atom is -0.465 e. The van der Waals surface area contributed by atoms with Gasteiger partial charge in [0.2, 0.25) is 0 Å². The fourth-order valence-electron chi connectivity index (χ4n) is 1.42. The molecule has 0 fully saturated rings. The molecule has 0 aliphatic rings. The number of carbonyl (C=O) groups is 1. The van der Waals surface area contributed by atoms with E-state index in [1.54, 1.807) is 6.07 Å². The number of alkyl halides is 2. The van der Waals surface area contributed by atoms with Crippen molar-refractivity contribution in [2.24, 2.45) is 0 Å². The molecule has 6 heteroatoms. The summed E-state index contributed by atoms with van der Waals surface area (Å²) in [5, 5.41) is 17.7. The highest BCUT2D eigenvalue weighted by atomic mass is 19.3. The van der Waals surface area contributed by atoms with Crippen LogP contribution in [0.1, 0.15) is 33.5 Å². The van der Waals surface area contributed by atoms with Gasteiger partial charge in [0.05, 0.1) is 30.9 Å². The molecule has 0 heterocycles. The predicted molar refractivity (Wildman–Crippen MR) is 53.4 cm³/mol. The predicted octanol–water partition coefficient (Wildman–Crippen LogP) is 1.77. The first kappa shape index (κ1) is 13.1. The van der Waals surface area contributed by atoms with Crippen LogP contribution in [0.5, 0.6) is 0 Å². The van der Waals surface area contributed by atoms with Gasteiger partial charge in [-0.15, -0.1) is 0 Å². The van der Waals surface area contributed by atoms with Gasteiger partial charge >= 0.3 is 5.97 Å². The minimum atomic E-state index is -2.88. The van der Waals surface area contributed by atoms with Crippen LogP contribution < -0.4 is 0 Å². The number of methoxy groups -OCH3 is 1. The van der Waals surface area contributed by atoms with Crippen molar-refractivity contribution in [3.63, 3.8) is 0 Å². The first-order valence-corrected chi connectivity index (χ1v) is 4.59. The molecule has 0 saturated heterocycles. The molecule has 0 bridgehead atoms. The van der Waals surface area contributed by atoms with Gasteiger partial charge in [0.25, 0.3) is 6.43 Å². The molecule has 0 aromatic heterocycles. The third kappa shape index (κ3) is 2.57. The molecule has 0 atom stereocenters. The van der Waals surface area contributed by atoms with Crippen LogP contribution in [0.15, 0.2) is 12.1 Å². The minimum absolute atomic E-state index is 0.0853. The van der Waals surface area contributed by atoms with Crippen molar-refractivity contribution >= 4 is 5.97 Å². The number of carbonyl (C=O) groups excluding carboxylic acids is 1. The van der Waals surface area contributed by atoms with Crippen LogP contribution in [-0.4, -0.2) is 18.2 Å². The fourth-order valence-corrected chi connectivity index (χ4v) is 1.42. The highest BCUT2D eigenvalue weighted by Gasteiger charge is 2.21. The zero-order chi connectivity index (χ0) is 13.0. The molecule has 0 saturated carbocycles. The monoisotopic (exact) mass is 241 g/mol. The molecule has 0 amide bonds. The van der Waals surface area contributed by atoms with Gasteiger partial charge in [-0.25, -0.2) is 13.6 Å². The van der Waals surface area contributed by atoms with E-state index in [9.17, 15) is 13.6 Å². The second-order valence-electron chi connectivity index (χ2n) is 3.15. The first-order chi connectivity index (χ1) is 8.04. The second-order valence-corrected chi connectivity index (χ2v) is 3.15. The Labute approximate surface area is 96.0 Å². The smallest absolute Gasteiger partial charge is 0.338 e. The van der Waals surface area contributed by atoms with Gasteiger partial charge in [0.15, 0.2) is 0 Å². The summed E-state index contributed by atoms with van der Waals surface area (Å²) in [6.07, 6.45) is -2.88. The number of hydrogen-bond acceptors (Lipinski definition) is 4. The maximum atomic E-state index is 12.7. The molecule has 1 N–H and O–H groups in total. The van der Waals surface area contributed by atoms with E-state index < -0.39 is 24.6 Å². The number of esters is 1. The van der Waals surface area contributed by atoms with E-state index in [-0.39, 0.29) is 16.7 Å². The summed E-state index contributed by atoms with van der Waals surface area (Å²) in [6, 6.07) is 3.73. The van der Waals surface area contributed by atoms with Gasteiger partial charge in [-0.1, -0.05) is 0 Å². The number of aliphatic hydroxyl groups is 1. The van der Waals surface area contributed by atoms with Crippen LogP contribution in [0.2, 0.25) is 0 Å². The summed E-state index contributed by atoms with van der Waals surface area (Å²) in [5.74, 6) is -0.868. The fraction of sp³-hybridized carbons (Fsp3) is 0.273. The van der Waals surface area contributed by atoms with E-state index in [0.717, 1.165) is 19.2 Å². The van der Waals surface area contributed by atoms with E-state index in [1.807, 2.05) is 0 Å². The Bertz CT molecular complexity index is 480. The number of benzene rings is 1. The molecule has 1 rings (SSSR count). The van der Waals surface area contributed by atoms with Crippen molar-refractivity contribution in [3.8, 4) is 6.07 Å². The number of nitriles is 1. The molecule has 0 radical (unpaired) electrons. The lowest BCUT2D eigenvalue weighted by molar-refractivity contribution is 0.0596. The quantitative estimate of drug-likeness (QED) is 0.819. The summed E-state index contributed by atoms with van der Waals surface area (Å²) in [5.41, 5.74) is -1.06. The summed E-state index contributed by atoms with van der Waals surface area (Å²) in [6.45, 7) is -0.726. The molecule has 0 aliphatic heterocycles. The lowest BCUT2D eigenvalue weighted by Gasteiger charge is -2.11. The van der Waals surface area contributed by atoms with Crippen LogP contribution in [0.4, 0.5) is 8.78 Å². The lowest BCUT2D eigenvalue weighted by atomic mass is 9.98. The van der Waals surface area contributed by atoms with Gasteiger partial charge in [-0.05, 0) is 12.1 Å². The highest BCUT2D eigenvalue weighted by Crippen LogP contribution is 2.27. The molecule has 0 unspecified atom stereocenters. The average molecular weight is 241 g/mol. The molecule has 4 nitrogen and oxygen atoms in total. The van der Waals surface area contributed by atoms with Gasteiger partial charge in [0.1, 0.15) is 0 Å². The lowest BCUT2D eigenvalue weighted by Crippen LogP contribution is -2.09. The Morgan fingerprint density at radius 1 is 1.59 bits per heavy atom. The van der Waals surface area contributed by atoms with Gasteiger partial charge in [0, 0.05) is 11.1 Å². The number of halogens is 2. The Hall–Kier alpha value is -2.00. The summed E-state index contributed by atoms with van der Waals surface area (Å²) in [4.78, 5) is 11.3. The zero-order valence-corrected chi connectivity index (χ0v) is 8.91. The van der Waals surface area contributed by atoms with Gasteiger partial charge in [-0.3, -0.25) is 0 Å². The maximum absolute atomic E-state index is 12.7. The van der Waals surface area contributed by atoms with Crippen molar-refractivity contribution in [1.82, 2.24) is 0 Å². The molecule has 1 aromatic rings. The largest absolute Gasteiger partial charge is 0.465 e. The van der Waals surface area contributed by atoms with E-state index in [0.29, 0.717) is 0 Å². The average Bonchev–Trinajstić information content (AvgIpc) is 2.35. The number of nitrogens with zero attached hydrogens (tertiary/aromatic N) is 1.